The molecule has 0 saturated heterocycles. The number of benzene rings is 1. The number of halogens is 2. The van der Waals surface area contributed by atoms with Crippen LogP contribution in [0.1, 0.15) is 0 Å². The Morgan fingerprint density at radius 2 is 1.92 bits per heavy atom. The molecule has 12 heavy (non-hydrogen) atoms. The molecule has 0 unspecified atom stereocenters. The summed E-state index contributed by atoms with van der Waals surface area (Å²) >= 11 is -0.404. The fourth-order valence-electron chi connectivity index (χ4n) is 1.08. The topological polar surface area (TPSA) is 12.9 Å². The van der Waals surface area contributed by atoms with Crippen molar-refractivity contribution in [2.75, 3.05) is 0 Å². The van der Waals surface area contributed by atoms with Crippen LogP contribution in [0.25, 0.3) is 10.9 Å². The molecule has 0 saturated carbocycles. The molecule has 0 fully saturated rings. The van der Waals surface area contributed by atoms with Crippen LogP contribution in [-0.4, -0.2) is 4.98 Å². The van der Waals surface area contributed by atoms with Crippen molar-refractivity contribution in [3.05, 3.63) is 40.1 Å². The van der Waals surface area contributed by atoms with Crippen LogP contribution in [0.15, 0.2) is 36.4 Å². The summed E-state index contributed by atoms with van der Waals surface area (Å²) in [5, 5.41) is 1.18. The summed E-state index contributed by atoms with van der Waals surface area (Å²) in [6.45, 7) is 0. The van der Waals surface area contributed by atoms with E-state index in [1.807, 2.05) is 24.3 Å². The van der Waals surface area contributed by atoms with Gasteiger partial charge in [0.25, 0.3) is 0 Å². The average molecular weight is 291 g/mol. The van der Waals surface area contributed by atoms with Gasteiger partial charge in [-0.25, -0.2) is 0 Å². The molecule has 0 spiro atoms. The molecule has 0 amide bonds. The summed E-state index contributed by atoms with van der Waals surface area (Å²) in [5.74, 6) is 0. The van der Waals surface area contributed by atoms with Crippen LogP contribution in [-0.2, 0) is 0 Å². The summed E-state index contributed by atoms with van der Waals surface area (Å²) in [6, 6.07) is 12.1. The van der Waals surface area contributed by atoms with E-state index in [4.69, 9.17) is 8.91 Å². The molecule has 0 atom stereocenters. The van der Waals surface area contributed by atoms with E-state index in [1.165, 1.54) is 5.39 Å². The molecule has 0 aliphatic heterocycles. The van der Waals surface area contributed by atoms with Crippen LogP contribution >= 0.6 is 8.91 Å². The van der Waals surface area contributed by atoms with Gasteiger partial charge in [-0.05, 0) is 0 Å². The van der Waals surface area contributed by atoms with Crippen molar-refractivity contribution in [3.63, 3.8) is 0 Å². The Balaban J connectivity index is 2.67. The van der Waals surface area contributed by atoms with E-state index in [9.17, 15) is 0 Å². The third-order valence-corrected chi connectivity index (χ3v) is 3.64. The first-order chi connectivity index (χ1) is 5.90. The first-order valence-corrected chi connectivity index (χ1v) is 7.33. The van der Waals surface area contributed by atoms with Gasteiger partial charge in [-0.2, -0.15) is 0 Å². The Morgan fingerprint density at radius 3 is 2.75 bits per heavy atom. The molecule has 62 valence electrons. The van der Waals surface area contributed by atoms with Gasteiger partial charge in [0.1, 0.15) is 0 Å². The SMILES string of the molecule is Cl[I-]c1ccc2ccccc2n1. The minimum atomic E-state index is -0.404. The molecule has 1 aromatic carbocycles. The number of hydrogen-bond acceptors (Lipinski definition) is 1. The van der Waals surface area contributed by atoms with Crippen molar-refractivity contribution >= 4 is 19.8 Å². The van der Waals surface area contributed by atoms with Crippen molar-refractivity contribution < 1.29 is 20.1 Å². The van der Waals surface area contributed by atoms with E-state index in [0.29, 0.717) is 0 Å². The molecule has 3 heteroatoms. The standard InChI is InChI=1S/C9H6ClIN/c10-11-9-6-5-7-3-1-2-4-8(7)12-9/h1-6H/q-1. The van der Waals surface area contributed by atoms with Crippen LogP contribution in [0.5, 0.6) is 0 Å². The molecular formula is C9H6ClIN-. The molecule has 1 nitrogen and oxygen atoms in total. The number of pyridine rings is 1. The first kappa shape index (κ1) is 8.26. The second-order valence-electron chi connectivity index (χ2n) is 2.40. The molecule has 0 aliphatic rings. The Labute approximate surface area is 84.7 Å². The van der Waals surface area contributed by atoms with Crippen molar-refractivity contribution in [1.29, 1.82) is 0 Å². The van der Waals surface area contributed by atoms with Gasteiger partial charge in [0.15, 0.2) is 0 Å². The van der Waals surface area contributed by atoms with Gasteiger partial charge in [0.2, 0.25) is 0 Å². The van der Waals surface area contributed by atoms with Crippen LogP contribution in [0.3, 0.4) is 0 Å². The zero-order chi connectivity index (χ0) is 8.39. The van der Waals surface area contributed by atoms with E-state index in [0.717, 1.165) is 9.22 Å². The van der Waals surface area contributed by atoms with Crippen molar-refractivity contribution in [2.24, 2.45) is 0 Å². The van der Waals surface area contributed by atoms with Crippen LogP contribution < -0.4 is 20.1 Å². The summed E-state index contributed by atoms with van der Waals surface area (Å²) in [5.41, 5.74) is 1.04. The van der Waals surface area contributed by atoms with Gasteiger partial charge in [-0.15, -0.1) is 0 Å². The Kier molecular flexibility index (Phi) is 2.46. The van der Waals surface area contributed by atoms with Crippen LogP contribution in [0.4, 0.5) is 0 Å². The summed E-state index contributed by atoms with van der Waals surface area (Å²) in [4.78, 5) is 4.41. The van der Waals surface area contributed by atoms with E-state index in [2.05, 4.69) is 17.1 Å². The Morgan fingerprint density at radius 1 is 1.08 bits per heavy atom. The molecule has 1 aromatic heterocycles. The van der Waals surface area contributed by atoms with Gasteiger partial charge < -0.3 is 0 Å². The quantitative estimate of drug-likeness (QED) is 0.517. The normalized spacial score (nSPS) is 10.8. The van der Waals surface area contributed by atoms with E-state index in [-0.39, 0.29) is 0 Å². The number of hydrogen-bond donors (Lipinski definition) is 0. The van der Waals surface area contributed by atoms with E-state index >= 15 is 0 Å². The molecule has 0 bridgehead atoms. The number of para-hydroxylation sites is 1. The molecule has 2 aromatic rings. The maximum atomic E-state index is 5.77. The fourth-order valence-corrected chi connectivity index (χ4v) is 2.28. The maximum absolute atomic E-state index is 5.77. The van der Waals surface area contributed by atoms with Gasteiger partial charge in [-0.3, -0.25) is 0 Å². The second kappa shape index (κ2) is 3.58. The summed E-state index contributed by atoms with van der Waals surface area (Å²) in [7, 11) is 5.77. The van der Waals surface area contributed by atoms with Gasteiger partial charge in [-0.1, -0.05) is 0 Å². The van der Waals surface area contributed by atoms with Crippen molar-refractivity contribution in [1.82, 2.24) is 4.98 Å². The number of aromatic nitrogens is 1. The summed E-state index contributed by atoms with van der Waals surface area (Å²) in [6.07, 6.45) is 0. The second-order valence-corrected chi connectivity index (χ2v) is 4.87. The average Bonchev–Trinajstić information content (AvgIpc) is 2.17. The predicted molar refractivity (Wildman–Crippen MR) is 46.3 cm³/mol. The fraction of sp³-hybridized carbons (Fsp3) is 0. The molecule has 0 N–H and O–H groups in total. The number of nitrogens with zero attached hydrogens (tertiary/aromatic N) is 1. The van der Waals surface area contributed by atoms with Crippen molar-refractivity contribution in [3.8, 4) is 0 Å². The molecule has 0 aliphatic carbocycles. The minimum absolute atomic E-state index is 0.404. The molecular weight excluding hydrogens is 284 g/mol. The third kappa shape index (κ3) is 1.54. The predicted octanol–water partition coefficient (Wildman–Crippen LogP) is -0.353. The third-order valence-electron chi connectivity index (χ3n) is 1.64. The summed E-state index contributed by atoms with van der Waals surface area (Å²) < 4.78 is 1.04. The first-order valence-electron chi connectivity index (χ1n) is 3.52. The Hall–Kier alpha value is -0.350. The van der Waals surface area contributed by atoms with Gasteiger partial charge >= 0.3 is 85.0 Å². The van der Waals surface area contributed by atoms with E-state index in [1.54, 1.807) is 0 Å². The van der Waals surface area contributed by atoms with Crippen molar-refractivity contribution in [2.45, 2.75) is 0 Å². The number of fused-ring (bicyclic) bond motifs is 1. The Bertz CT molecular complexity index is 402. The monoisotopic (exact) mass is 290 g/mol. The van der Waals surface area contributed by atoms with Crippen LogP contribution in [0, 0.1) is 3.70 Å². The molecule has 1 heterocycles. The zero-order valence-corrected chi connectivity index (χ0v) is 9.08. The van der Waals surface area contributed by atoms with Gasteiger partial charge in [0, 0.05) is 0 Å². The number of rotatable bonds is 1. The van der Waals surface area contributed by atoms with Gasteiger partial charge in [0.05, 0.1) is 0 Å². The molecule has 0 radical (unpaired) electrons. The van der Waals surface area contributed by atoms with E-state index < -0.39 is 20.1 Å². The van der Waals surface area contributed by atoms with Crippen LogP contribution in [0.2, 0.25) is 0 Å². The zero-order valence-electron chi connectivity index (χ0n) is 6.17. The molecule has 2 rings (SSSR count).